The normalized spacial score (nSPS) is 15.2. The summed E-state index contributed by atoms with van der Waals surface area (Å²) in [7, 11) is 0. The van der Waals surface area contributed by atoms with Gasteiger partial charge >= 0.3 is 0 Å². The van der Waals surface area contributed by atoms with Crippen molar-refractivity contribution in [2.24, 2.45) is 11.7 Å². The van der Waals surface area contributed by atoms with E-state index >= 15 is 0 Å². The SMILES string of the molecule is CCC(CC)C(C)(N)c1ccc(Br)cc1Cl. The molecule has 0 radical (unpaired) electrons. The number of halogens is 2. The predicted octanol–water partition coefficient (Wildman–Crippen LogP) is 4.71. The Bertz CT molecular complexity index is 359. The standard InChI is InChI=1S/C13H19BrClN/c1-4-9(5-2)13(3,16)11-7-6-10(14)8-12(11)15/h6-9H,4-5,16H2,1-3H3. The molecule has 0 saturated heterocycles. The van der Waals surface area contributed by atoms with Crippen LogP contribution in [0, 0.1) is 5.92 Å². The second kappa shape index (κ2) is 5.52. The summed E-state index contributed by atoms with van der Waals surface area (Å²) in [4.78, 5) is 0. The van der Waals surface area contributed by atoms with Crippen LogP contribution in [-0.4, -0.2) is 0 Å². The number of benzene rings is 1. The van der Waals surface area contributed by atoms with Crippen LogP contribution in [0.2, 0.25) is 5.02 Å². The Balaban J connectivity index is 3.15. The molecular weight excluding hydrogens is 286 g/mol. The van der Waals surface area contributed by atoms with Crippen LogP contribution in [0.1, 0.15) is 39.2 Å². The summed E-state index contributed by atoms with van der Waals surface area (Å²) >= 11 is 9.67. The van der Waals surface area contributed by atoms with Gasteiger partial charge < -0.3 is 5.73 Å². The largest absolute Gasteiger partial charge is 0.321 e. The summed E-state index contributed by atoms with van der Waals surface area (Å²) in [6.45, 7) is 6.41. The molecule has 0 aliphatic heterocycles. The van der Waals surface area contributed by atoms with E-state index in [9.17, 15) is 0 Å². The summed E-state index contributed by atoms with van der Waals surface area (Å²) in [5.74, 6) is 0.450. The number of hydrogen-bond donors (Lipinski definition) is 1. The molecule has 3 heteroatoms. The van der Waals surface area contributed by atoms with Crippen LogP contribution in [0.25, 0.3) is 0 Å². The summed E-state index contributed by atoms with van der Waals surface area (Å²) in [6, 6.07) is 5.92. The lowest BCUT2D eigenvalue weighted by Crippen LogP contribution is -2.41. The van der Waals surface area contributed by atoms with Crippen LogP contribution in [-0.2, 0) is 5.54 Å². The molecule has 0 heterocycles. The van der Waals surface area contributed by atoms with Crippen LogP contribution in [0.5, 0.6) is 0 Å². The summed E-state index contributed by atoms with van der Waals surface area (Å²) < 4.78 is 0.988. The highest BCUT2D eigenvalue weighted by Gasteiger charge is 2.31. The van der Waals surface area contributed by atoms with Gasteiger partial charge in [-0.25, -0.2) is 0 Å². The summed E-state index contributed by atoms with van der Waals surface area (Å²) in [5.41, 5.74) is 7.13. The molecule has 90 valence electrons. The maximum absolute atomic E-state index is 6.45. The fourth-order valence-electron chi connectivity index (χ4n) is 2.28. The number of hydrogen-bond acceptors (Lipinski definition) is 1. The number of nitrogens with two attached hydrogens (primary N) is 1. The minimum Gasteiger partial charge on any atom is -0.321 e. The molecule has 0 amide bonds. The molecule has 1 nitrogen and oxygen atoms in total. The predicted molar refractivity (Wildman–Crippen MR) is 74.8 cm³/mol. The Morgan fingerprint density at radius 3 is 2.38 bits per heavy atom. The molecule has 1 rings (SSSR count). The Labute approximate surface area is 111 Å². The molecular formula is C13H19BrClN. The molecule has 0 fully saturated rings. The first kappa shape index (κ1) is 14.0. The lowest BCUT2D eigenvalue weighted by molar-refractivity contribution is 0.282. The lowest BCUT2D eigenvalue weighted by atomic mass is 9.77. The van der Waals surface area contributed by atoms with Gasteiger partial charge in [-0.3, -0.25) is 0 Å². The van der Waals surface area contributed by atoms with Gasteiger partial charge in [0.1, 0.15) is 0 Å². The van der Waals surface area contributed by atoms with Crippen LogP contribution in [0.3, 0.4) is 0 Å². The number of rotatable bonds is 4. The van der Waals surface area contributed by atoms with Crippen molar-refractivity contribution in [1.29, 1.82) is 0 Å². The quantitative estimate of drug-likeness (QED) is 0.856. The van der Waals surface area contributed by atoms with Crippen molar-refractivity contribution in [3.05, 3.63) is 33.3 Å². The molecule has 16 heavy (non-hydrogen) atoms. The summed E-state index contributed by atoms with van der Waals surface area (Å²) in [5, 5.41) is 0.742. The van der Waals surface area contributed by atoms with Gasteiger partial charge in [0, 0.05) is 15.0 Å². The molecule has 0 aliphatic rings. The van der Waals surface area contributed by atoms with Gasteiger partial charge in [-0.05, 0) is 30.5 Å². The maximum atomic E-state index is 6.45. The van der Waals surface area contributed by atoms with Crippen molar-refractivity contribution in [2.75, 3.05) is 0 Å². The van der Waals surface area contributed by atoms with Gasteiger partial charge in [0.05, 0.1) is 0 Å². The van der Waals surface area contributed by atoms with Crippen molar-refractivity contribution >= 4 is 27.5 Å². The summed E-state index contributed by atoms with van der Waals surface area (Å²) in [6.07, 6.45) is 2.13. The van der Waals surface area contributed by atoms with Crippen LogP contribution < -0.4 is 5.73 Å². The highest BCUT2D eigenvalue weighted by molar-refractivity contribution is 9.10. The monoisotopic (exact) mass is 303 g/mol. The zero-order valence-corrected chi connectivity index (χ0v) is 12.4. The van der Waals surface area contributed by atoms with E-state index in [0.29, 0.717) is 5.92 Å². The molecule has 0 aromatic heterocycles. The fraction of sp³-hybridized carbons (Fsp3) is 0.538. The topological polar surface area (TPSA) is 26.0 Å². The fourth-order valence-corrected chi connectivity index (χ4v) is 3.16. The highest BCUT2D eigenvalue weighted by Crippen LogP contribution is 2.36. The molecule has 1 unspecified atom stereocenters. The molecule has 2 N–H and O–H groups in total. The average molecular weight is 305 g/mol. The molecule has 1 aromatic carbocycles. The van der Waals surface area contributed by atoms with Crippen LogP contribution in [0.4, 0.5) is 0 Å². The third-order valence-corrected chi connectivity index (χ3v) is 4.15. The molecule has 0 spiro atoms. The Morgan fingerprint density at radius 2 is 1.94 bits per heavy atom. The Hall–Kier alpha value is -0.0500. The van der Waals surface area contributed by atoms with Gasteiger partial charge in [-0.1, -0.05) is 60.3 Å². The van der Waals surface area contributed by atoms with E-state index in [1.54, 1.807) is 0 Å². The second-order valence-corrected chi connectivity index (χ2v) is 5.74. The third kappa shape index (κ3) is 2.79. The second-order valence-electron chi connectivity index (χ2n) is 4.42. The van der Waals surface area contributed by atoms with Crippen LogP contribution >= 0.6 is 27.5 Å². The zero-order valence-electron chi connectivity index (χ0n) is 10.1. The van der Waals surface area contributed by atoms with Crippen molar-refractivity contribution < 1.29 is 0 Å². The van der Waals surface area contributed by atoms with E-state index in [-0.39, 0.29) is 5.54 Å². The van der Waals surface area contributed by atoms with E-state index < -0.39 is 0 Å². The van der Waals surface area contributed by atoms with Gasteiger partial charge in [-0.2, -0.15) is 0 Å². The molecule has 0 bridgehead atoms. The first-order valence-electron chi connectivity index (χ1n) is 5.67. The van der Waals surface area contributed by atoms with E-state index in [1.807, 2.05) is 18.2 Å². The zero-order chi connectivity index (χ0) is 12.3. The molecule has 1 aromatic rings. The van der Waals surface area contributed by atoms with E-state index in [4.69, 9.17) is 17.3 Å². The van der Waals surface area contributed by atoms with E-state index in [2.05, 4.69) is 36.7 Å². The molecule has 0 aliphatic carbocycles. The first-order valence-corrected chi connectivity index (χ1v) is 6.85. The van der Waals surface area contributed by atoms with Crippen molar-refractivity contribution in [3.63, 3.8) is 0 Å². The minimum absolute atomic E-state index is 0.360. The van der Waals surface area contributed by atoms with Crippen molar-refractivity contribution in [2.45, 2.75) is 39.2 Å². The Morgan fingerprint density at radius 1 is 1.38 bits per heavy atom. The van der Waals surface area contributed by atoms with Crippen LogP contribution in [0.15, 0.2) is 22.7 Å². The van der Waals surface area contributed by atoms with E-state index in [1.165, 1.54) is 0 Å². The van der Waals surface area contributed by atoms with Gasteiger partial charge in [0.25, 0.3) is 0 Å². The maximum Gasteiger partial charge on any atom is 0.0467 e. The highest BCUT2D eigenvalue weighted by atomic mass is 79.9. The van der Waals surface area contributed by atoms with Crippen molar-refractivity contribution in [1.82, 2.24) is 0 Å². The molecule has 1 atom stereocenters. The average Bonchev–Trinajstić information content (AvgIpc) is 2.18. The van der Waals surface area contributed by atoms with E-state index in [0.717, 1.165) is 27.9 Å². The van der Waals surface area contributed by atoms with Crippen molar-refractivity contribution in [3.8, 4) is 0 Å². The third-order valence-electron chi connectivity index (χ3n) is 3.35. The molecule has 0 saturated carbocycles. The van der Waals surface area contributed by atoms with Gasteiger partial charge in [0.15, 0.2) is 0 Å². The first-order chi connectivity index (χ1) is 7.43. The Kier molecular flexibility index (Phi) is 4.84. The van der Waals surface area contributed by atoms with Gasteiger partial charge in [0.2, 0.25) is 0 Å². The smallest absolute Gasteiger partial charge is 0.0467 e. The minimum atomic E-state index is -0.360. The lowest BCUT2D eigenvalue weighted by Gasteiger charge is -2.34. The van der Waals surface area contributed by atoms with Gasteiger partial charge in [-0.15, -0.1) is 0 Å².